The molecule has 1 aliphatic rings. The topological polar surface area (TPSA) is 64.3 Å². The lowest BCUT2D eigenvalue weighted by atomic mass is 10.2. The number of nitrogens with zero attached hydrogens (tertiary/aromatic N) is 3. The molecular weight excluding hydrogens is 216 g/mol. The van der Waals surface area contributed by atoms with E-state index in [1.165, 1.54) is 6.20 Å². The largest absolute Gasteiger partial charge is 0.394 e. The van der Waals surface area contributed by atoms with Crippen molar-refractivity contribution in [3.8, 4) is 0 Å². The number of aromatic nitrogens is 2. The Morgan fingerprint density at radius 3 is 3.13 bits per heavy atom. The van der Waals surface area contributed by atoms with Gasteiger partial charge in [-0.05, 0) is 18.0 Å². The van der Waals surface area contributed by atoms with Crippen LogP contribution in [-0.4, -0.2) is 36.3 Å². The minimum Gasteiger partial charge on any atom is -0.394 e. The van der Waals surface area contributed by atoms with E-state index >= 15 is 0 Å². The van der Waals surface area contributed by atoms with Gasteiger partial charge in [-0.2, -0.15) is 4.98 Å². The summed E-state index contributed by atoms with van der Waals surface area (Å²) in [5, 5.41) is 0.213. The number of ether oxygens (including phenoxy) is 1. The SMILES string of the molecule is CN(c1nc(Cl)ncc1N)C1CCOC1. The van der Waals surface area contributed by atoms with Gasteiger partial charge in [0.05, 0.1) is 24.5 Å². The maximum atomic E-state index is 5.79. The highest BCUT2D eigenvalue weighted by Crippen LogP contribution is 2.24. The summed E-state index contributed by atoms with van der Waals surface area (Å²) in [5.41, 5.74) is 6.33. The second kappa shape index (κ2) is 4.20. The molecule has 1 fully saturated rings. The van der Waals surface area contributed by atoms with Crippen molar-refractivity contribution in [2.24, 2.45) is 0 Å². The number of halogens is 1. The first-order chi connectivity index (χ1) is 7.18. The van der Waals surface area contributed by atoms with E-state index in [2.05, 4.69) is 9.97 Å². The van der Waals surface area contributed by atoms with Crippen molar-refractivity contribution in [2.75, 3.05) is 30.9 Å². The highest BCUT2D eigenvalue weighted by Gasteiger charge is 2.23. The number of anilines is 2. The van der Waals surface area contributed by atoms with E-state index < -0.39 is 0 Å². The summed E-state index contributed by atoms with van der Waals surface area (Å²) in [4.78, 5) is 9.93. The second-order valence-electron chi connectivity index (χ2n) is 3.55. The summed E-state index contributed by atoms with van der Waals surface area (Å²) in [6, 6.07) is 0.318. The molecule has 0 spiro atoms. The van der Waals surface area contributed by atoms with Crippen LogP contribution in [0.4, 0.5) is 11.5 Å². The van der Waals surface area contributed by atoms with Crippen LogP contribution in [0.5, 0.6) is 0 Å². The molecular formula is C9H13ClN4O. The van der Waals surface area contributed by atoms with Gasteiger partial charge in [0.2, 0.25) is 5.28 Å². The van der Waals surface area contributed by atoms with E-state index in [0.29, 0.717) is 24.2 Å². The summed E-state index contributed by atoms with van der Waals surface area (Å²) in [6.45, 7) is 1.49. The minimum absolute atomic E-state index is 0.213. The van der Waals surface area contributed by atoms with Gasteiger partial charge in [0.15, 0.2) is 5.82 Å². The smallest absolute Gasteiger partial charge is 0.224 e. The Morgan fingerprint density at radius 1 is 1.67 bits per heavy atom. The van der Waals surface area contributed by atoms with Crippen LogP contribution in [-0.2, 0) is 4.74 Å². The van der Waals surface area contributed by atoms with Crippen LogP contribution in [0.2, 0.25) is 5.28 Å². The van der Waals surface area contributed by atoms with E-state index in [1.807, 2.05) is 11.9 Å². The van der Waals surface area contributed by atoms with Gasteiger partial charge in [-0.25, -0.2) is 4.98 Å². The molecule has 82 valence electrons. The van der Waals surface area contributed by atoms with Gasteiger partial charge >= 0.3 is 0 Å². The highest BCUT2D eigenvalue weighted by molar-refractivity contribution is 6.28. The van der Waals surface area contributed by atoms with Gasteiger partial charge in [-0.3, -0.25) is 0 Å². The molecule has 1 aromatic rings. The number of hydrogen-bond donors (Lipinski definition) is 1. The molecule has 0 amide bonds. The Hall–Kier alpha value is -1.07. The molecule has 0 bridgehead atoms. The maximum absolute atomic E-state index is 5.79. The Kier molecular flexibility index (Phi) is 2.93. The average Bonchev–Trinajstić information content (AvgIpc) is 2.74. The number of nitrogen functional groups attached to an aromatic ring is 1. The summed E-state index contributed by atoms with van der Waals surface area (Å²) in [5.74, 6) is 0.672. The van der Waals surface area contributed by atoms with E-state index in [-0.39, 0.29) is 5.28 Å². The Labute approximate surface area is 93.2 Å². The molecule has 2 heterocycles. The predicted octanol–water partition coefficient (Wildman–Crippen LogP) is 0.937. The molecule has 1 aliphatic heterocycles. The van der Waals surface area contributed by atoms with Crippen molar-refractivity contribution in [1.29, 1.82) is 0 Å². The second-order valence-corrected chi connectivity index (χ2v) is 3.88. The molecule has 2 rings (SSSR count). The van der Waals surface area contributed by atoms with Crippen molar-refractivity contribution in [3.05, 3.63) is 11.5 Å². The molecule has 0 saturated carbocycles. The molecule has 5 nitrogen and oxygen atoms in total. The van der Waals surface area contributed by atoms with Gasteiger partial charge in [0, 0.05) is 13.7 Å². The zero-order chi connectivity index (χ0) is 10.8. The lowest BCUT2D eigenvalue weighted by Crippen LogP contribution is -2.33. The first-order valence-electron chi connectivity index (χ1n) is 4.77. The minimum atomic E-state index is 0.213. The molecule has 1 unspecified atom stereocenters. The van der Waals surface area contributed by atoms with E-state index in [9.17, 15) is 0 Å². The molecule has 6 heteroatoms. The van der Waals surface area contributed by atoms with Crippen molar-refractivity contribution >= 4 is 23.1 Å². The molecule has 1 atom stereocenters. The van der Waals surface area contributed by atoms with Crippen molar-refractivity contribution in [3.63, 3.8) is 0 Å². The van der Waals surface area contributed by atoms with Gasteiger partial charge in [-0.1, -0.05) is 0 Å². The summed E-state index contributed by atoms with van der Waals surface area (Å²) < 4.78 is 5.31. The van der Waals surface area contributed by atoms with E-state index in [1.54, 1.807) is 0 Å². The third-order valence-corrected chi connectivity index (χ3v) is 2.74. The van der Waals surface area contributed by atoms with Crippen LogP contribution in [0.1, 0.15) is 6.42 Å². The zero-order valence-corrected chi connectivity index (χ0v) is 9.24. The molecule has 1 aromatic heterocycles. The quantitative estimate of drug-likeness (QED) is 0.764. The monoisotopic (exact) mass is 228 g/mol. The maximum Gasteiger partial charge on any atom is 0.224 e. The molecule has 0 aliphatic carbocycles. The van der Waals surface area contributed by atoms with Crippen molar-refractivity contribution in [2.45, 2.75) is 12.5 Å². The molecule has 15 heavy (non-hydrogen) atoms. The number of hydrogen-bond acceptors (Lipinski definition) is 5. The van der Waals surface area contributed by atoms with Crippen LogP contribution in [0, 0.1) is 0 Å². The number of rotatable bonds is 2. The summed E-state index contributed by atoms with van der Waals surface area (Å²) in [7, 11) is 1.94. The van der Waals surface area contributed by atoms with Gasteiger partial charge in [0.25, 0.3) is 0 Å². The average molecular weight is 229 g/mol. The summed E-state index contributed by atoms with van der Waals surface area (Å²) in [6.07, 6.45) is 2.51. The van der Waals surface area contributed by atoms with Crippen molar-refractivity contribution in [1.82, 2.24) is 9.97 Å². The van der Waals surface area contributed by atoms with Gasteiger partial charge < -0.3 is 15.4 Å². The van der Waals surface area contributed by atoms with Gasteiger partial charge in [-0.15, -0.1) is 0 Å². The Bertz CT molecular complexity index is 354. The lowest BCUT2D eigenvalue weighted by molar-refractivity contribution is 0.193. The highest BCUT2D eigenvalue weighted by atomic mass is 35.5. The van der Waals surface area contributed by atoms with Crippen LogP contribution in [0.25, 0.3) is 0 Å². The molecule has 0 aromatic carbocycles. The third kappa shape index (κ3) is 2.13. The lowest BCUT2D eigenvalue weighted by Gasteiger charge is -2.25. The number of nitrogens with two attached hydrogens (primary N) is 1. The first-order valence-corrected chi connectivity index (χ1v) is 5.15. The molecule has 0 radical (unpaired) electrons. The standard InChI is InChI=1S/C9H13ClN4O/c1-14(6-2-3-15-5-6)8-7(11)4-12-9(10)13-8/h4,6H,2-3,5,11H2,1H3. The Balaban J connectivity index is 2.23. The fraction of sp³-hybridized carbons (Fsp3) is 0.556. The fourth-order valence-electron chi connectivity index (χ4n) is 1.64. The first kappa shape index (κ1) is 10.4. The van der Waals surface area contributed by atoms with E-state index in [0.717, 1.165) is 13.0 Å². The Morgan fingerprint density at radius 2 is 2.47 bits per heavy atom. The predicted molar refractivity (Wildman–Crippen MR) is 59.1 cm³/mol. The molecule has 2 N–H and O–H groups in total. The van der Waals surface area contributed by atoms with Crippen LogP contribution in [0.3, 0.4) is 0 Å². The third-order valence-electron chi connectivity index (χ3n) is 2.55. The fourth-order valence-corrected chi connectivity index (χ4v) is 1.77. The molecule has 1 saturated heterocycles. The van der Waals surface area contributed by atoms with E-state index in [4.69, 9.17) is 22.1 Å². The van der Waals surface area contributed by atoms with Crippen LogP contribution >= 0.6 is 11.6 Å². The van der Waals surface area contributed by atoms with Crippen molar-refractivity contribution < 1.29 is 4.74 Å². The summed E-state index contributed by atoms with van der Waals surface area (Å²) >= 11 is 5.73. The number of likely N-dealkylation sites (N-methyl/N-ethyl adjacent to an activating group) is 1. The van der Waals surface area contributed by atoms with Crippen LogP contribution < -0.4 is 10.6 Å². The normalized spacial score (nSPS) is 20.5. The zero-order valence-electron chi connectivity index (χ0n) is 8.48. The van der Waals surface area contributed by atoms with Gasteiger partial charge in [0.1, 0.15) is 0 Å². The van der Waals surface area contributed by atoms with Crippen LogP contribution in [0.15, 0.2) is 6.20 Å².